The van der Waals surface area contributed by atoms with Gasteiger partial charge in [-0.05, 0) is 143 Å². The third-order valence-corrected chi connectivity index (χ3v) is 20.3. The molecule has 4 N–H and O–H groups in total. The molecule has 4 fully saturated rings. The summed E-state index contributed by atoms with van der Waals surface area (Å²) in [4.78, 5) is 0. The van der Waals surface area contributed by atoms with Crippen LogP contribution in [0.15, 0.2) is 0 Å². The van der Waals surface area contributed by atoms with Gasteiger partial charge in [-0.1, -0.05) is 39.5 Å². The zero-order chi connectivity index (χ0) is 37.3. The van der Waals surface area contributed by atoms with E-state index < -0.39 is 72.3 Å². The highest BCUT2D eigenvalue weighted by Gasteiger charge is 2.54. The quantitative estimate of drug-likeness (QED) is 0.108. The Morgan fingerprint density at radius 3 is 1.10 bits per heavy atom. The average Bonchev–Trinajstić information content (AvgIpc) is 3.05. The lowest BCUT2D eigenvalue weighted by atomic mass is 9.53. The molecular weight excluding hydrogens is 748 g/mol. The van der Waals surface area contributed by atoms with E-state index in [2.05, 4.69) is 16.2 Å². The minimum Gasteiger partial charge on any atom is -0.285 e. The third-order valence-electron chi connectivity index (χ3n) is 14.2. The maximum Gasteiger partial charge on any atom is 0.267 e. The van der Waals surface area contributed by atoms with E-state index in [9.17, 15) is 51.9 Å². The highest BCUT2D eigenvalue weighted by atomic mass is 32.2. The fourth-order valence-corrected chi connectivity index (χ4v) is 16.4. The van der Waals surface area contributed by atoms with Crippen molar-refractivity contribution >= 4 is 49.7 Å². The first-order chi connectivity index (χ1) is 23.1. The molecule has 0 aromatic heterocycles. The number of hydrogen-bond donors (Lipinski definition) is 4. The number of hydrogen-bond acceptors (Lipinski definition) is 8. The molecule has 4 aliphatic carbocycles. The fourth-order valence-electron chi connectivity index (χ4n) is 11.6. The molecule has 0 aliphatic heterocycles. The molecule has 0 aromatic carbocycles. The molecule has 0 radical (unpaired) electrons. The smallest absolute Gasteiger partial charge is 0.267 e. The second-order valence-electron chi connectivity index (χ2n) is 16.2. The lowest BCUT2D eigenvalue weighted by Crippen LogP contribution is -2.51. The standard InChI is InChI=1S/C33H61O12PS4/c1-3-32(23-9-5-13-27(19-23)47(34,35)36,24-10-6-14-28(20-24)48(37,38)39)18-17-31(46)33(4-2,25-11-7-15-29(21-25)49(40,41)42)26-12-8-16-30(22-26)50(43,44)45/h23-31H,3-22,46H2,1-2H3,(H,34,35,36)(H,37,38,39)(H,40,41,42)(H,43,44,45). The van der Waals surface area contributed by atoms with Crippen molar-refractivity contribution in [1.29, 1.82) is 0 Å². The fraction of sp³-hybridized carbons (Fsp3) is 1.00. The molecule has 0 bridgehead atoms. The van der Waals surface area contributed by atoms with Gasteiger partial charge in [-0.3, -0.25) is 18.2 Å². The molecule has 17 heteroatoms. The van der Waals surface area contributed by atoms with Crippen molar-refractivity contribution < 1.29 is 51.9 Å². The second kappa shape index (κ2) is 16.4. The summed E-state index contributed by atoms with van der Waals surface area (Å²) in [6, 6.07) is 0. The van der Waals surface area contributed by atoms with Gasteiger partial charge in [-0.25, -0.2) is 0 Å². The van der Waals surface area contributed by atoms with Gasteiger partial charge in [0.1, 0.15) is 0 Å². The van der Waals surface area contributed by atoms with Crippen LogP contribution in [0.1, 0.15) is 142 Å². The predicted molar refractivity (Wildman–Crippen MR) is 197 cm³/mol. The first kappa shape index (κ1) is 42.8. The third kappa shape index (κ3) is 9.47. The van der Waals surface area contributed by atoms with E-state index in [1.807, 2.05) is 6.92 Å². The van der Waals surface area contributed by atoms with Crippen LogP contribution in [0.2, 0.25) is 0 Å². The van der Waals surface area contributed by atoms with Crippen LogP contribution < -0.4 is 0 Å². The van der Waals surface area contributed by atoms with Crippen LogP contribution >= 0.6 is 9.24 Å². The Hall–Kier alpha value is 0.0700. The maximum absolute atomic E-state index is 12.4. The van der Waals surface area contributed by atoms with Crippen LogP contribution in [0.25, 0.3) is 0 Å². The van der Waals surface area contributed by atoms with Crippen molar-refractivity contribution in [3.05, 3.63) is 0 Å². The Balaban J connectivity index is 1.76. The van der Waals surface area contributed by atoms with E-state index >= 15 is 0 Å². The number of rotatable bonds is 14. The highest BCUT2D eigenvalue weighted by Crippen LogP contribution is 2.60. The SMILES string of the molecule is CCC(CCC(P)C(CC)(C1CCCC(S(=O)(=O)O)C1)C1CCCC(S(=O)(=O)O)C1)(C1CCCC(S(=O)(=O)O)C1)C1CCCC(S(=O)(=O)O)C1. The van der Waals surface area contributed by atoms with Gasteiger partial charge in [-0.15, -0.1) is 9.24 Å². The lowest BCUT2D eigenvalue weighted by Gasteiger charge is -2.56. The molecule has 0 aromatic rings. The van der Waals surface area contributed by atoms with Crippen molar-refractivity contribution in [2.45, 2.75) is 169 Å². The Morgan fingerprint density at radius 1 is 0.520 bits per heavy atom. The summed E-state index contributed by atoms with van der Waals surface area (Å²) in [6.07, 6.45) is 10.2. The highest BCUT2D eigenvalue weighted by molar-refractivity contribution is 7.87. The van der Waals surface area contributed by atoms with E-state index in [1.54, 1.807) is 0 Å². The molecule has 294 valence electrons. The van der Waals surface area contributed by atoms with Gasteiger partial charge < -0.3 is 0 Å². The predicted octanol–water partition coefficient (Wildman–Crippen LogP) is 6.59. The van der Waals surface area contributed by atoms with Gasteiger partial charge in [0.05, 0.1) is 21.0 Å². The molecule has 0 amide bonds. The largest absolute Gasteiger partial charge is 0.285 e. The molecular formula is C33H61O12PS4. The van der Waals surface area contributed by atoms with E-state index in [1.165, 1.54) is 0 Å². The second-order valence-corrected chi connectivity index (χ2v) is 23.8. The van der Waals surface area contributed by atoms with Crippen LogP contribution in [0.3, 0.4) is 0 Å². The Bertz CT molecular complexity index is 1490. The minimum atomic E-state index is -4.30. The topological polar surface area (TPSA) is 217 Å². The van der Waals surface area contributed by atoms with E-state index in [4.69, 9.17) is 0 Å². The molecule has 12 nitrogen and oxygen atoms in total. The van der Waals surface area contributed by atoms with Crippen molar-refractivity contribution in [1.82, 2.24) is 0 Å². The molecule has 10 unspecified atom stereocenters. The van der Waals surface area contributed by atoms with Crippen LogP contribution in [0.5, 0.6) is 0 Å². The average molecular weight is 809 g/mol. The van der Waals surface area contributed by atoms with Crippen LogP contribution in [0.4, 0.5) is 0 Å². The van der Waals surface area contributed by atoms with Crippen LogP contribution in [0, 0.1) is 34.5 Å². The van der Waals surface area contributed by atoms with Gasteiger partial charge in [-0.2, -0.15) is 33.7 Å². The summed E-state index contributed by atoms with van der Waals surface area (Å²) in [5, 5.41) is -3.65. The first-order valence-electron chi connectivity index (χ1n) is 18.7. The summed E-state index contributed by atoms with van der Waals surface area (Å²) >= 11 is 0. The summed E-state index contributed by atoms with van der Waals surface area (Å²) < 4.78 is 140. The van der Waals surface area contributed by atoms with E-state index in [-0.39, 0.29) is 55.0 Å². The molecule has 4 saturated carbocycles. The van der Waals surface area contributed by atoms with Gasteiger partial charge >= 0.3 is 0 Å². The Kier molecular flexibility index (Phi) is 14.1. The van der Waals surface area contributed by atoms with Crippen molar-refractivity contribution in [3.63, 3.8) is 0 Å². The van der Waals surface area contributed by atoms with Crippen molar-refractivity contribution in [3.8, 4) is 0 Å². The molecule has 0 saturated heterocycles. The molecule has 4 rings (SSSR count). The molecule has 0 spiro atoms. The Morgan fingerprint density at radius 2 is 0.820 bits per heavy atom. The van der Waals surface area contributed by atoms with Crippen LogP contribution in [-0.2, 0) is 40.5 Å². The molecule has 10 atom stereocenters. The molecule has 50 heavy (non-hydrogen) atoms. The zero-order valence-electron chi connectivity index (χ0n) is 29.6. The van der Waals surface area contributed by atoms with Crippen LogP contribution in [-0.4, -0.2) is 78.5 Å². The van der Waals surface area contributed by atoms with Gasteiger partial charge in [0, 0.05) is 0 Å². The minimum absolute atomic E-state index is 0.122. The van der Waals surface area contributed by atoms with Crippen molar-refractivity contribution in [2.75, 3.05) is 0 Å². The monoisotopic (exact) mass is 808 g/mol. The van der Waals surface area contributed by atoms with E-state index in [0.717, 1.165) is 12.8 Å². The summed E-state index contributed by atoms with van der Waals surface area (Å²) in [5.41, 5.74) is -1.20. The van der Waals surface area contributed by atoms with E-state index in [0.29, 0.717) is 89.9 Å². The summed E-state index contributed by atoms with van der Waals surface area (Å²) in [7, 11) is -14.2. The Labute approximate surface area is 303 Å². The molecule has 4 aliphatic rings. The van der Waals surface area contributed by atoms with Crippen molar-refractivity contribution in [2.24, 2.45) is 34.5 Å². The summed E-state index contributed by atoms with van der Waals surface area (Å²) in [6.45, 7) is 4.10. The van der Waals surface area contributed by atoms with Gasteiger partial charge in [0.2, 0.25) is 0 Å². The first-order valence-corrected chi connectivity index (χ1v) is 25.4. The maximum atomic E-state index is 12.4. The lowest BCUT2D eigenvalue weighted by molar-refractivity contribution is -0.0137. The normalized spacial score (nSPS) is 35.4. The zero-order valence-corrected chi connectivity index (χ0v) is 34.0. The summed E-state index contributed by atoms with van der Waals surface area (Å²) in [5.74, 6) is -0.532. The van der Waals surface area contributed by atoms with Gasteiger partial charge in [0.25, 0.3) is 40.5 Å². The van der Waals surface area contributed by atoms with Gasteiger partial charge in [0.15, 0.2) is 0 Å². The molecule has 0 heterocycles.